The van der Waals surface area contributed by atoms with Gasteiger partial charge in [0.2, 0.25) is 0 Å². The Hall–Kier alpha value is -0.976. The first-order chi connectivity index (χ1) is 17.9. The number of hydrogen-bond acceptors (Lipinski definition) is 4. The predicted molar refractivity (Wildman–Crippen MR) is 167 cm³/mol. The first kappa shape index (κ1) is 35.1. The summed E-state index contributed by atoms with van der Waals surface area (Å²) in [4.78, 5) is 11.8. The lowest BCUT2D eigenvalue weighted by Crippen LogP contribution is -2.56. The van der Waals surface area contributed by atoms with Gasteiger partial charge in [-0.05, 0) is 86.6 Å². The summed E-state index contributed by atoms with van der Waals surface area (Å²) in [7, 11) is -4.04. The number of terminal acetylenes is 1. The minimum atomic E-state index is -2.02. The lowest BCUT2D eigenvalue weighted by molar-refractivity contribution is -0.105. The van der Waals surface area contributed by atoms with Crippen molar-refractivity contribution in [2.24, 2.45) is 23.7 Å². The third-order valence-corrected chi connectivity index (χ3v) is 19.3. The number of aldehydes is 1. The molecule has 218 valence electrons. The number of aliphatic hydroxyl groups excluding tert-OH is 1. The van der Waals surface area contributed by atoms with E-state index in [1.807, 2.05) is 6.08 Å². The van der Waals surface area contributed by atoms with Crippen molar-refractivity contribution in [3.05, 3.63) is 23.3 Å². The van der Waals surface area contributed by atoms with Crippen LogP contribution in [0, 0.1) is 36.0 Å². The van der Waals surface area contributed by atoms with E-state index in [-0.39, 0.29) is 24.5 Å². The van der Waals surface area contributed by atoms with Crippen LogP contribution in [0.5, 0.6) is 0 Å². The van der Waals surface area contributed by atoms with E-state index in [1.54, 1.807) is 0 Å². The largest absolute Gasteiger partial charge is 0.410 e. The van der Waals surface area contributed by atoms with Gasteiger partial charge < -0.3 is 14.0 Å². The van der Waals surface area contributed by atoms with Crippen molar-refractivity contribution < 1.29 is 18.8 Å². The molecule has 0 aromatic heterocycles. The van der Waals surface area contributed by atoms with E-state index >= 15 is 0 Å². The van der Waals surface area contributed by atoms with Gasteiger partial charge in [0.25, 0.3) is 0 Å². The fraction of sp³-hybridized carbons (Fsp3) is 0.781. The maximum absolute atomic E-state index is 11.8. The summed E-state index contributed by atoms with van der Waals surface area (Å²) in [5.74, 6) is 4.25. The minimum Gasteiger partial charge on any atom is -0.410 e. The van der Waals surface area contributed by atoms with Crippen molar-refractivity contribution in [2.45, 2.75) is 130 Å². The van der Waals surface area contributed by atoms with Gasteiger partial charge in [-0.1, -0.05) is 79.0 Å². The van der Waals surface area contributed by atoms with Crippen LogP contribution in [-0.2, 0) is 13.6 Å². The number of carbonyl (C=O) groups excluding carboxylic acids is 1. The molecule has 0 radical (unpaired) electrons. The summed E-state index contributed by atoms with van der Waals surface area (Å²) >= 11 is 0. The van der Waals surface area contributed by atoms with Gasteiger partial charge in [0, 0.05) is 5.57 Å². The van der Waals surface area contributed by atoms with Gasteiger partial charge in [-0.15, -0.1) is 6.42 Å². The second kappa shape index (κ2) is 15.7. The highest BCUT2D eigenvalue weighted by molar-refractivity contribution is 6.74. The second-order valence-corrected chi connectivity index (χ2v) is 21.4. The zero-order chi connectivity index (χ0) is 29.1. The maximum Gasteiger partial charge on any atom is 0.194 e. The summed E-state index contributed by atoms with van der Waals surface area (Å²) in [5, 5.41) is 9.87. The highest BCUT2D eigenvalue weighted by Gasteiger charge is 2.48. The molecule has 38 heavy (non-hydrogen) atoms. The van der Waals surface area contributed by atoms with Gasteiger partial charge in [-0.25, -0.2) is 0 Å². The lowest BCUT2D eigenvalue weighted by Gasteiger charge is -2.48. The van der Waals surface area contributed by atoms with E-state index in [1.165, 1.54) is 5.57 Å². The Morgan fingerprint density at radius 3 is 2.03 bits per heavy atom. The molecule has 0 aromatic carbocycles. The summed E-state index contributed by atoms with van der Waals surface area (Å²) in [5.41, 5.74) is 0.958. The average Bonchev–Trinajstić information content (AvgIpc) is 2.93. The molecule has 6 heteroatoms. The highest BCUT2D eigenvalue weighted by Crippen LogP contribution is 2.45. The predicted octanol–water partition coefficient (Wildman–Crippen LogP) is 8.15. The normalized spacial score (nSPS) is 23.5. The molecule has 0 saturated heterocycles. The summed E-state index contributed by atoms with van der Waals surface area (Å²) in [6.07, 6.45) is 13.1. The number of hydrogen-bond donors (Lipinski definition) is 1. The lowest BCUT2D eigenvalue weighted by atomic mass is 9.65. The first-order valence-corrected chi connectivity index (χ1v) is 20.3. The van der Waals surface area contributed by atoms with E-state index in [0.717, 1.165) is 55.4 Å². The number of allylic oxidation sites excluding steroid dienone is 3. The molecular weight excluding hydrogens is 505 g/mol. The monoisotopic (exact) mass is 562 g/mol. The molecule has 0 heterocycles. The van der Waals surface area contributed by atoms with Crippen LogP contribution in [0.2, 0.25) is 36.3 Å². The van der Waals surface area contributed by atoms with Crippen LogP contribution < -0.4 is 0 Å². The van der Waals surface area contributed by atoms with Gasteiger partial charge in [0.1, 0.15) is 11.9 Å². The second-order valence-electron chi connectivity index (χ2n) is 12.0. The van der Waals surface area contributed by atoms with Crippen molar-refractivity contribution in [2.75, 3.05) is 6.61 Å². The van der Waals surface area contributed by atoms with E-state index in [4.69, 9.17) is 15.3 Å². The smallest absolute Gasteiger partial charge is 0.194 e. The summed E-state index contributed by atoms with van der Waals surface area (Å²) < 4.78 is 14.4. The van der Waals surface area contributed by atoms with Gasteiger partial charge in [0.15, 0.2) is 16.6 Å². The molecule has 1 N–H and O–H groups in total. The molecule has 1 aliphatic carbocycles. The molecule has 0 unspecified atom stereocenters. The molecule has 5 atom stereocenters. The van der Waals surface area contributed by atoms with E-state index in [0.29, 0.717) is 17.4 Å². The Labute approximate surface area is 237 Å². The van der Waals surface area contributed by atoms with Crippen LogP contribution >= 0.6 is 0 Å². The third kappa shape index (κ3) is 8.27. The van der Waals surface area contributed by atoms with Gasteiger partial charge in [-0.3, -0.25) is 4.79 Å². The quantitative estimate of drug-likeness (QED) is 0.0639. The van der Waals surface area contributed by atoms with Crippen LogP contribution in [0.3, 0.4) is 0 Å². The fourth-order valence-corrected chi connectivity index (χ4v) is 12.4. The van der Waals surface area contributed by atoms with Gasteiger partial charge in [0.05, 0.1) is 12.7 Å². The zero-order valence-corrected chi connectivity index (χ0v) is 28.2. The Morgan fingerprint density at radius 2 is 1.63 bits per heavy atom. The van der Waals surface area contributed by atoms with Crippen LogP contribution in [0.4, 0.5) is 0 Å². The number of aliphatic hydroxyl groups is 1. The molecule has 0 aromatic rings. The molecule has 1 rings (SSSR count). The Balaban J connectivity index is 3.74. The topological polar surface area (TPSA) is 55.8 Å². The standard InChI is InChI=1S/C32H58O4Si2/c1-12-32(11,36-38(16-5,17-6)18-7)31(35-37(13-2,14-3)15-4)22-29-26(10)19-20-28(25(8)9)30(29)21-27(23-33)24-34/h1,19,21,23,25,28-31,34H,13-18,20,22,24H2,2-11H3/b27-21+/t28-,29+,30-,31+,32+/m1/s1. The molecule has 0 spiro atoms. The highest BCUT2D eigenvalue weighted by atomic mass is 28.4. The Bertz CT molecular complexity index is 818. The number of carbonyl (C=O) groups is 1. The molecule has 4 nitrogen and oxygen atoms in total. The van der Waals surface area contributed by atoms with Gasteiger partial charge in [-0.2, -0.15) is 0 Å². The minimum absolute atomic E-state index is 0.131. The zero-order valence-electron chi connectivity index (χ0n) is 26.2. The first-order valence-electron chi connectivity index (χ1n) is 15.2. The maximum atomic E-state index is 11.8. The third-order valence-electron chi connectivity index (χ3n) is 9.91. The van der Waals surface area contributed by atoms with Crippen molar-refractivity contribution >= 4 is 22.9 Å². The summed E-state index contributed by atoms with van der Waals surface area (Å²) in [6.45, 7) is 22.1. The fourth-order valence-electron chi connectivity index (χ4n) is 6.43. The Kier molecular flexibility index (Phi) is 14.5. The van der Waals surface area contributed by atoms with E-state index < -0.39 is 22.2 Å². The van der Waals surface area contributed by atoms with Crippen LogP contribution in [0.25, 0.3) is 0 Å². The van der Waals surface area contributed by atoms with Crippen molar-refractivity contribution in [3.63, 3.8) is 0 Å². The molecule has 0 fully saturated rings. The van der Waals surface area contributed by atoms with Gasteiger partial charge >= 0.3 is 0 Å². The van der Waals surface area contributed by atoms with Crippen molar-refractivity contribution in [1.29, 1.82) is 0 Å². The summed E-state index contributed by atoms with van der Waals surface area (Å²) in [6, 6.07) is 6.24. The van der Waals surface area contributed by atoms with Crippen LogP contribution in [0.1, 0.15) is 82.1 Å². The molecule has 0 aliphatic heterocycles. The van der Waals surface area contributed by atoms with Crippen LogP contribution in [0.15, 0.2) is 23.3 Å². The molecule has 1 aliphatic rings. The average molecular weight is 563 g/mol. The number of rotatable bonds is 17. The molecule has 0 saturated carbocycles. The molecular formula is C32H58O4Si2. The molecule has 0 amide bonds. The van der Waals surface area contributed by atoms with E-state index in [9.17, 15) is 9.90 Å². The SMILES string of the molecule is C#C[C@](C)(O[Si](CC)(CC)CC)[C@H](C[C@H]1C(C)=CC[C@H](C(C)C)[C@H]1/C=C(\C=O)CO)O[Si](CC)(CC)CC. The Morgan fingerprint density at radius 1 is 1.11 bits per heavy atom. The van der Waals surface area contributed by atoms with Crippen molar-refractivity contribution in [1.82, 2.24) is 0 Å². The van der Waals surface area contributed by atoms with Crippen molar-refractivity contribution in [3.8, 4) is 12.3 Å². The molecule has 0 bridgehead atoms. The van der Waals surface area contributed by atoms with E-state index in [2.05, 4.69) is 81.2 Å². The van der Waals surface area contributed by atoms with Crippen LogP contribution in [-0.4, -0.2) is 46.3 Å².